The number of anilines is 1. The number of hydrogen-bond acceptors (Lipinski definition) is 3. The quantitative estimate of drug-likeness (QED) is 0.718. The van der Waals surface area contributed by atoms with Crippen LogP contribution in [0.1, 0.15) is 22.5 Å². The first-order valence-corrected chi connectivity index (χ1v) is 7.96. The first-order chi connectivity index (χ1) is 12.9. The van der Waals surface area contributed by atoms with Gasteiger partial charge in [0.1, 0.15) is 17.3 Å². The van der Waals surface area contributed by atoms with Crippen molar-refractivity contribution < 1.29 is 22.7 Å². The number of halogens is 3. The number of ether oxygens (including phenoxy) is 1. The van der Waals surface area contributed by atoms with E-state index in [-0.39, 0.29) is 16.8 Å². The van der Waals surface area contributed by atoms with Gasteiger partial charge in [0.25, 0.3) is 12.3 Å². The smallest absolute Gasteiger partial charge is 0.282 e. The van der Waals surface area contributed by atoms with E-state index >= 15 is 0 Å². The number of nitrogens with zero attached hydrogens (tertiary/aromatic N) is 2. The van der Waals surface area contributed by atoms with Crippen molar-refractivity contribution in [3.63, 3.8) is 0 Å². The minimum absolute atomic E-state index is 0.238. The van der Waals surface area contributed by atoms with Crippen LogP contribution in [0.5, 0.6) is 5.75 Å². The third-order valence-electron chi connectivity index (χ3n) is 3.95. The van der Waals surface area contributed by atoms with Crippen LogP contribution in [0.15, 0.2) is 48.7 Å². The summed E-state index contributed by atoms with van der Waals surface area (Å²) in [7, 11) is 2.88. The number of alkyl halides is 2. The first-order valence-electron chi connectivity index (χ1n) is 7.96. The van der Waals surface area contributed by atoms with Crippen molar-refractivity contribution in [3.8, 4) is 16.9 Å². The number of nitrogens with one attached hydrogen (secondary N) is 1. The normalized spacial score (nSPS) is 10.9. The number of aryl methyl sites for hydroxylation is 1. The van der Waals surface area contributed by atoms with Crippen LogP contribution < -0.4 is 10.1 Å². The SMILES string of the molecule is COc1ccc(-c2ccccc2NC(=O)c2cn(C)nc2C(F)F)c(F)c1. The maximum Gasteiger partial charge on any atom is 0.282 e. The van der Waals surface area contributed by atoms with Crippen molar-refractivity contribution >= 4 is 11.6 Å². The number of para-hydroxylation sites is 1. The summed E-state index contributed by atoms with van der Waals surface area (Å²) < 4.78 is 46.7. The molecule has 1 amide bonds. The Bertz CT molecular complexity index is 986. The molecule has 140 valence electrons. The number of carbonyl (C=O) groups is 1. The molecule has 1 aromatic heterocycles. The van der Waals surface area contributed by atoms with Gasteiger partial charge in [0.15, 0.2) is 0 Å². The highest BCUT2D eigenvalue weighted by Crippen LogP contribution is 2.32. The minimum atomic E-state index is -2.89. The van der Waals surface area contributed by atoms with Gasteiger partial charge in [-0.05, 0) is 18.2 Å². The zero-order valence-corrected chi connectivity index (χ0v) is 14.5. The molecule has 0 aliphatic carbocycles. The first kappa shape index (κ1) is 18.5. The molecule has 3 rings (SSSR count). The largest absolute Gasteiger partial charge is 0.497 e. The Morgan fingerprint density at radius 3 is 2.59 bits per heavy atom. The van der Waals surface area contributed by atoms with Crippen molar-refractivity contribution in [1.29, 1.82) is 0 Å². The van der Waals surface area contributed by atoms with E-state index in [4.69, 9.17) is 4.74 Å². The van der Waals surface area contributed by atoms with E-state index in [1.54, 1.807) is 30.3 Å². The monoisotopic (exact) mass is 375 g/mol. The van der Waals surface area contributed by atoms with E-state index in [0.29, 0.717) is 11.3 Å². The van der Waals surface area contributed by atoms with Crippen molar-refractivity contribution in [2.45, 2.75) is 6.43 Å². The van der Waals surface area contributed by atoms with Crippen LogP contribution in [0.2, 0.25) is 0 Å². The molecule has 0 fully saturated rings. The molecule has 8 heteroatoms. The standard InChI is InChI=1S/C19H16F3N3O2/c1-25-10-14(17(24-25)18(21)22)19(26)23-16-6-4-3-5-13(16)12-8-7-11(27-2)9-15(12)20/h3-10,18H,1-2H3,(H,23,26). The van der Waals surface area contributed by atoms with Gasteiger partial charge in [-0.15, -0.1) is 0 Å². The van der Waals surface area contributed by atoms with Gasteiger partial charge < -0.3 is 10.1 Å². The Morgan fingerprint density at radius 1 is 1.19 bits per heavy atom. The van der Waals surface area contributed by atoms with Gasteiger partial charge in [-0.2, -0.15) is 5.10 Å². The maximum atomic E-state index is 14.4. The van der Waals surface area contributed by atoms with Crippen LogP contribution in [0, 0.1) is 5.82 Å². The minimum Gasteiger partial charge on any atom is -0.497 e. The van der Waals surface area contributed by atoms with Gasteiger partial charge in [0, 0.05) is 36.1 Å². The van der Waals surface area contributed by atoms with E-state index in [0.717, 1.165) is 4.68 Å². The second-order valence-corrected chi connectivity index (χ2v) is 5.75. The molecule has 0 saturated heterocycles. The van der Waals surface area contributed by atoms with E-state index in [1.165, 1.54) is 32.5 Å². The summed E-state index contributed by atoms with van der Waals surface area (Å²) in [6, 6.07) is 10.9. The molecule has 0 spiro atoms. The van der Waals surface area contributed by atoms with Gasteiger partial charge in [-0.3, -0.25) is 9.48 Å². The Kier molecular flexibility index (Phi) is 5.16. The molecule has 1 N–H and O–H groups in total. The number of methoxy groups -OCH3 is 1. The summed E-state index contributed by atoms with van der Waals surface area (Å²) in [6.07, 6.45) is -1.67. The van der Waals surface area contributed by atoms with E-state index in [9.17, 15) is 18.0 Å². The summed E-state index contributed by atoms with van der Waals surface area (Å²) in [6.45, 7) is 0. The molecule has 2 aromatic carbocycles. The zero-order valence-electron chi connectivity index (χ0n) is 14.5. The highest BCUT2D eigenvalue weighted by atomic mass is 19.3. The zero-order chi connectivity index (χ0) is 19.6. The number of amides is 1. The molecule has 5 nitrogen and oxygen atoms in total. The second kappa shape index (κ2) is 7.53. The Labute approximate surface area is 153 Å². The van der Waals surface area contributed by atoms with Crippen molar-refractivity contribution in [3.05, 3.63) is 65.7 Å². The average Bonchev–Trinajstić information content (AvgIpc) is 3.04. The average molecular weight is 375 g/mol. The fourth-order valence-electron chi connectivity index (χ4n) is 2.70. The Balaban J connectivity index is 1.97. The molecule has 3 aromatic rings. The molecule has 0 saturated carbocycles. The van der Waals surface area contributed by atoms with Crippen molar-refractivity contribution in [1.82, 2.24) is 9.78 Å². The van der Waals surface area contributed by atoms with Crippen molar-refractivity contribution in [2.24, 2.45) is 7.05 Å². The number of rotatable bonds is 5. The number of benzene rings is 2. The molecule has 1 heterocycles. The fraction of sp³-hybridized carbons (Fsp3) is 0.158. The molecular formula is C19H16F3N3O2. The van der Waals surface area contributed by atoms with Gasteiger partial charge in [0.05, 0.1) is 12.7 Å². The highest BCUT2D eigenvalue weighted by molar-refractivity contribution is 6.07. The van der Waals surface area contributed by atoms with Gasteiger partial charge in [-0.25, -0.2) is 13.2 Å². The predicted molar refractivity (Wildman–Crippen MR) is 94.5 cm³/mol. The van der Waals surface area contributed by atoms with Crippen LogP contribution in [0.25, 0.3) is 11.1 Å². The van der Waals surface area contributed by atoms with Gasteiger partial charge in [0.2, 0.25) is 0 Å². The lowest BCUT2D eigenvalue weighted by molar-refractivity contribution is 0.101. The summed E-state index contributed by atoms with van der Waals surface area (Å²) in [5.41, 5.74) is 0.0942. The predicted octanol–water partition coefficient (Wildman–Crippen LogP) is 4.42. The van der Waals surface area contributed by atoms with Crippen molar-refractivity contribution in [2.75, 3.05) is 12.4 Å². The fourth-order valence-corrected chi connectivity index (χ4v) is 2.70. The molecule has 0 aliphatic rings. The summed E-state index contributed by atoms with van der Waals surface area (Å²) in [5, 5.41) is 6.18. The van der Waals surface area contributed by atoms with Crippen LogP contribution in [0.3, 0.4) is 0 Å². The summed E-state index contributed by atoms with van der Waals surface area (Å²) in [4.78, 5) is 12.5. The molecule has 0 radical (unpaired) electrons. The topological polar surface area (TPSA) is 56.1 Å². The maximum absolute atomic E-state index is 14.4. The lowest BCUT2D eigenvalue weighted by Gasteiger charge is -2.12. The molecule has 0 bridgehead atoms. The van der Waals surface area contributed by atoms with E-state index < -0.39 is 23.8 Å². The van der Waals surface area contributed by atoms with Gasteiger partial charge in [-0.1, -0.05) is 18.2 Å². The van der Waals surface area contributed by atoms with Crippen LogP contribution >= 0.6 is 0 Å². The Hall–Kier alpha value is -3.29. The third-order valence-corrected chi connectivity index (χ3v) is 3.95. The molecule has 0 unspecified atom stereocenters. The third kappa shape index (κ3) is 3.79. The summed E-state index contributed by atoms with van der Waals surface area (Å²) >= 11 is 0. The lowest BCUT2D eigenvalue weighted by Crippen LogP contribution is -2.14. The number of aromatic nitrogens is 2. The van der Waals surface area contributed by atoms with Crippen LogP contribution in [-0.4, -0.2) is 22.8 Å². The molecular weight excluding hydrogens is 359 g/mol. The number of hydrogen-bond donors (Lipinski definition) is 1. The molecule has 0 atom stereocenters. The van der Waals surface area contributed by atoms with Crippen LogP contribution in [0.4, 0.5) is 18.9 Å². The van der Waals surface area contributed by atoms with E-state index in [1.807, 2.05) is 0 Å². The summed E-state index contributed by atoms with van der Waals surface area (Å²) in [5.74, 6) is -0.930. The van der Waals surface area contributed by atoms with Gasteiger partial charge >= 0.3 is 0 Å². The Morgan fingerprint density at radius 2 is 1.93 bits per heavy atom. The van der Waals surface area contributed by atoms with E-state index in [2.05, 4.69) is 10.4 Å². The second-order valence-electron chi connectivity index (χ2n) is 5.75. The molecule has 0 aliphatic heterocycles. The van der Waals surface area contributed by atoms with Crippen LogP contribution in [-0.2, 0) is 7.05 Å². The number of carbonyl (C=O) groups excluding carboxylic acids is 1. The lowest BCUT2D eigenvalue weighted by atomic mass is 10.0. The molecule has 27 heavy (non-hydrogen) atoms. The highest BCUT2D eigenvalue weighted by Gasteiger charge is 2.23.